The van der Waals surface area contributed by atoms with Crippen molar-refractivity contribution in [2.24, 2.45) is 11.7 Å². The molecule has 1 unspecified atom stereocenters. The molecule has 1 fully saturated rings. The van der Waals surface area contributed by atoms with Crippen molar-refractivity contribution in [2.45, 2.75) is 99.7 Å². The summed E-state index contributed by atoms with van der Waals surface area (Å²) in [5, 5.41) is 77.1. The van der Waals surface area contributed by atoms with Crippen molar-refractivity contribution in [1.29, 1.82) is 0 Å². The van der Waals surface area contributed by atoms with E-state index in [0.29, 0.717) is 95.9 Å². The molecule has 4 aliphatic heterocycles. The highest BCUT2D eigenvalue weighted by atomic mass is 35.5. The average Bonchev–Trinajstić information content (AvgIpc) is 1.46. The fourth-order valence-corrected chi connectivity index (χ4v) is 16.1. The highest BCUT2D eigenvalue weighted by Crippen LogP contribution is 2.50. The summed E-state index contributed by atoms with van der Waals surface area (Å²) in [5.74, 6) is -4.63. The van der Waals surface area contributed by atoms with Gasteiger partial charge in [0.15, 0.2) is 0 Å². The SMILES string of the molecule is CC(C)[C@H](NC(=O)CCOCCOCCOCCOCCOCCOCCN1C(=O)C=CC1=O)C(=O)N[C@@H](CCCNC(N)=O)C(=O)Nc1ccc(CC(CN(C)C(=O)O)(c2cc3c(c4ccccc24)[C@H](CCl)CN3C(=O)c2ccc(C(=O)N3C[C@@H](CCl)c4c3cc(O[C@@H]3O[C@@H](CO)[C@@H](O)[C@@H](O)[C@H]3O)c3ccccc43)s2)N(C)C(=O)O)cc1. The standard InChI is InChI=1S/C81H100Cl2N10O24S/c1-47(2)69(88-64(95)23-26-110-28-30-112-32-34-114-36-37-115-35-33-113-31-29-111-27-25-91-65(96)21-22-66(91)97)74(102)87-57(14-9-24-85-78(84)105)73(101)86-51-17-15-48(16-18-51)40-81(90(4)80(108)109,46-89(3)79(106)107)56-38-58-67(54-12-7-5-10-52(54)56)49(41-82)43-92(58)75(103)62-19-20-63(118-62)76(104)93-44-50(42-83)68-55-13-8-6-11-53(55)60(39-59(68)93)116-77-72(100)71(99)70(98)61(45-94)117-77/h5-8,10-13,15-22,38-39,47,49-50,57,61,69-72,77,94,98-100H,9,14,23-37,40-46H2,1-4H3,(H,86,101)(H,87,102)(H,88,95)(H,106,107)(H,108,109)(H3,84,85,105)/t49-,50-,57+,61+,69+,70-,71-,72-,77-,81?/m1/s1. The summed E-state index contributed by atoms with van der Waals surface area (Å²) in [7, 11) is 2.62. The number of amides is 11. The smallest absolute Gasteiger partial charge is 0.407 e. The minimum atomic E-state index is -1.80. The third-order valence-electron chi connectivity index (χ3n) is 20.8. The zero-order chi connectivity index (χ0) is 84.9. The Hall–Kier alpha value is -9.70. The maximum absolute atomic E-state index is 15.4. The molecule has 0 bridgehead atoms. The number of primary amides is 1. The van der Waals surface area contributed by atoms with Gasteiger partial charge in [0.05, 0.1) is 120 Å². The highest BCUT2D eigenvalue weighted by Gasteiger charge is 2.48. The van der Waals surface area contributed by atoms with Crippen molar-refractivity contribution in [3.63, 3.8) is 0 Å². The number of urea groups is 1. The Balaban J connectivity index is 0.785. The molecule has 10 atom stereocenters. The lowest BCUT2D eigenvalue weighted by Gasteiger charge is -2.44. The number of thiophene rings is 1. The number of anilines is 3. The molecule has 12 N–H and O–H groups in total. The summed E-state index contributed by atoms with van der Waals surface area (Å²) in [5.41, 5.74) is 6.69. The van der Waals surface area contributed by atoms with Crippen LogP contribution in [-0.2, 0) is 69.1 Å². The van der Waals surface area contributed by atoms with E-state index in [0.717, 1.165) is 31.6 Å². The monoisotopic (exact) mass is 1700 g/mol. The number of hydrogen-bond donors (Lipinski definition) is 11. The van der Waals surface area contributed by atoms with Gasteiger partial charge in [0.1, 0.15) is 42.2 Å². The van der Waals surface area contributed by atoms with E-state index in [1.165, 1.54) is 48.2 Å². The highest BCUT2D eigenvalue weighted by molar-refractivity contribution is 7.16. The van der Waals surface area contributed by atoms with E-state index in [4.69, 9.17) is 66.8 Å². The fraction of sp³-hybridized carbons (Fsp3) is 0.481. The van der Waals surface area contributed by atoms with E-state index in [1.54, 1.807) is 86.6 Å². The van der Waals surface area contributed by atoms with Gasteiger partial charge in [-0.3, -0.25) is 43.4 Å². The van der Waals surface area contributed by atoms with Crippen LogP contribution in [0.1, 0.15) is 86.5 Å². The lowest BCUT2D eigenvalue weighted by Crippen LogP contribution is -2.60. The average molecular weight is 1700 g/mol. The van der Waals surface area contributed by atoms with Crippen LogP contribution in [0.4, 0.5) is 31.4 Å². The molecule has 4 aliphatic rings. The molecule has 118 heavy (non-hydrogen) atoms. The minimum absolute atomic E-state index is 0.00163. The number of carbonyl (C=O) groups is 10. The number of fused-ring (bicyclic) bond motifs is 6. The van der Waals surface area contributed by atoms with E-state index in [9.17, 15) is 69.0 Å². The van der Waals surface area contributed by atoms with E-state index in [-0.39, 0.29) is 136 Å². The number of alkyl halides is 2. The van der Waals surface area contributed by atoms with Gasteiger partial charge >= 0.3 is 18.2 Å². The summed E-state index contributed by atoms with van der Waals surface area (Å²) >= 11 is 14.4. The molecule has 638 valence electrons. The number of carboxylic acid groups (broad SMARTS) is 2. The van der Waals surface area contributed by atoms with Gasteiger partial charge in [-0.25, -0.2) is 14.4 Å². The molecule has 0 radical (unpaired) electrons. The normalized spacial score (nSPS) is 19.2. The zero-order valence-corrected chi connectivity index (χ0v) is 68.0. The van der Waals surface area contributed by atoms with Gasteiger partial charge in [0.2, 0.25) is 24.0 Å². The van der Waals surface area contributed by atoms with Crippen LogP contribution in [0.2, 0.25) is 0 Å². The van der Waals surface area contributed by atoms with Gasteiger partial charge in [-0.05, 0) is 87.5 Å². The molecular formula is C81H100Cl2N10O24S. The van der Waals surface area contributed by atoms with Crippen LogP contribution in [0.15, 0.2) is 109 Å². The number of ether oxygens (including phenoxy) is 8. The molecule has 34 nitrogen and oxygen atoms in total. The first-order valence-corrected chi connectivity index (χ1v) is 40.5. The number of carbonyl (C=O) groups excluding carboxylic acids is 8. The van der Waals surface area contributed by atoms with Gasteiger partial charge in [-0.1, -0.05) is 74.5 Å². The second-order valence-electron chi connectivity index (χ2n) is 29.0. The third-order valence-corrected chi connectivity index (χ3v) is 22.6. The van der Waals surface area contributed by atoms with Crippen LogP contribution >= 0.6 is 34.5 Å². The molecule has 10 rings (SSSR count). The molecule has 1 saturated heterocycles. The van der Waals surface area contributed by atoms with Crippen molar-refractivity contribution in [1.82, 2.24) is 30.7 Å². The second kappa shape index (κ2) is 42.8. The molecule has 0 saturated carbocycles. The van der Waals surface area contributed by atoms with Crippen LogP contribution in [0.5, 0.6) is 5.75 Å². The maximum atomic E-state index is 15.4. The maximum Gasteiger partial charge on any atom is 0.407 e. The predicted octanol–water partition coefficient (Wildman–Crippen LogP) is 5.28. The summed E-state index contributed by atoms with van der Waals surface area (Å²) in [4.78, 5) is 140. The number of aliphatic hydroxyl groups excluding tert-OH is 4. The van der Waals surface area contributed by atoms with Crippen LogP contribution in [0.3, 0.4) is 0 Å². The number of halogens is 2. The first-order valence-electron chi connectivity index (χ1n) is 38.6. The number of nitrogens with two attached hydrogens (primary N) is 1. The van der Waals surface area contributed by atoms with Gasteiger partial charge in [-0.15, -0.1) is 34.5 Å². The van der Waals surface area contributed by atoms with E-state index < -0.39 is 121 Å². The Morgan fingerprint density at radius 3 is 1.68 bits per heavy atom. The van der Waals surface area contributed by atoms with Crippen LogP contribution in [0.25, 0.3) is 21.5 Å². The van der Waals surface area contributed by atoms with Gasteiger partial charge in [0, 0.05) is 105 Å². The lowest BCUT2D eigenvalue weighted by molar-refractivity contribution is -0.277. The third kappa shape index (κ3) is 22.2. The lowest BCUT2D eigenvalue weighted by atomic mass is 9.78. The molecule has 0 spiro atoms. The number of rotatable bonds is 44. The first-order chi connectivity index (χ1) is 56.7. The number of benzene rings is 5. The molecule has 37 heteroatoms. The van der Waals surface area contributed by atoms with Crippen molar-refractivity contribution < 1.29 is 116 Å². The minimum Gasteiger partial charge on any atom is -0.465 e. The fourth-order valence-electron chi connectivity index (χ4n) is 14.7. The molecule has 6 aromatic rings. The Bertz CT molecular complexity index is 4560. The number of nitrogens with one attached hydrogen (secondary N) is 4. The largest absolute Gasteiger partial charge is 0.465 e. The molecule has 0 aliphatic carbocycles. The Morgan fingerprint density at radius 1 is 0.644 bits per heavy atom. The Labute approximate surface area is 694 Å². The van der Waals surface area contributed by atoms with Crippen LogP contribution in [-0.4, -0.2) is 292 Å². The Kier molecular flexibility index (Phi) is 32.9. The van der Waals surface area contributed by atoms with Crippen LogP contribution in [0, 0.1) is 5.92 Å². The number of aliphatic hydroxyl groups is 4. The van der Waals surface area contributed by atoms with Crippen molar-refractivity contribution in [3.05, 3.63) is 141 Å². The summed E-state index contributed by atoms with van der Waals surface area (Å²) < 4.78 is 45.0. The molecule has 5 aromatic carbocycles. The van der Waals surface area contributed by atoms with Gasteiger partial charge < -0.3 is 110 Å². The first kappa shape index (κ1) is 90.6. The number of nitrogens with zero attached hydrogens (tertiary/aromatic N) is 5. The topological polar surface area (TPSA) is 456 Å². The molecular weight excluding hydrogens is 1600 g/mol. The predicted molar refractivity (Wildman–Crippen MR) is 435 cm³/mol. The van der Waals surface area contributed by atoms with Crippen LogP contribution < -0.4 is 41.5 Å². The van der Waals surface area contributed by atoms with Crippen molar-refractivity contribution in [2.75, 3.05) is 160 Å². The molecule has 1 aromatic heterocycles. The molecule has 11 amide bonds. The summed E-state index contributed by atoms with van der Waals surface area (Å²) in [6.07, 6.45) is -8.45. The number of hydrogen-bond acceptors (Lipinski definition) is 23. The summed E-state index contributed by atoms with van der Waals surface area (Å²) in [6, 6.07) is 23.9. The van der Waals surface area contributed by atoms with Crippen molar-refractivity contribution >= 4 is 133 Å². The van der Waals surface area contributed by atoms with Gasteiger partial charge in [0.25, 0.3) is 23.6 Å². The van der Waals surface area contributed by atoms with Crippen molar-refractivity contribution in [3.8, 4) is 5.75 Å². The Morgan fingerprint density at radius 2 is 1.16 bits per heavy atom. The van der Waals surface area contributed by atoms with E-state index >= 15 is 9.59 Å². The molecule has 5 heterocycles. The number of likely N-dealkylation sites (N-methyl/N-ethyl adjacent to an activating group) is 2. The number of imide groups is 1. The quantitative estimate of drug-likeness (QED) is 0.0132. The summed E-state index contributed by atoms with van der Waals surface area (Å²) in [6.45, 7) is 5.83. The van der Waals surface area contributed by atoms with E-state index in [2.05, 4.69) is 21.3 Å². The zero-order valence-electron chi connectivity index (χ0n) is 65.6. The second-order valence-corrected chi connectivity index (χ2v) is 30.7. The van der Waals surface area contributed by atoms with Gasteiger partial charge in [-0.2, -0.15) is 0 Å². The van der Waals surface area contributed by atoms with E-state index in [1.807, 2.05) is 12.1 Å².